The van der Waals surface area contributed by atoms with Crippen LogP contribution in [0, 0.1) is 6.92 Å². The Balaban J connectivity index is 1.81. The fourth-order valence-electron chi connectivity index (χ4n) is 5.44. The van der Waals surface area contributed by atoms with Crippen molar-refractivity contribution in [2.75, 3.05) is 27.9 Å². The zero-order valence-electron chi connectivity index (χ0n) is 26.2. The van der Waals surface area contributed by atoms with Crippen LogP contribution in [0.15, 0.2) is 65.5 Å². The molecule has 8 nitrogen and oxygen atoms in total. The van der Waals surface area contributed by atoms with Gasteiger partial charge < -0.3 is 19.1 Å². The van der Waals surface area contributed by atoms with Crippen LogP contribution in [0.5, 0.6) is 17.2 Å². The van der Waals surface area contributed by atoms with Gasteiger partial charge in [-0.15, -0.1) is 0 Å². The Kier molecular flexibility index (Phi) is 10.8. The number of carbonyl (C=O) groups is 1. The highest BCUT2D eigenvalue weighted by Gasteiger charge is 2.27. The van der Waals surface area contributed by atoms with E-state index >= 15 is 0 Å². The molecule has 1 amide bonds. The van der Waals surface area contributed by atoms with E-state index in [1.165, 1.54) is 0 Å². The number of hydrogen-bond acceptors (Lipinski definition) is 6. The first-order valence-electron chi connectivity index (χ1n) is 15.0. The van der Waals surface area contributed by atoms with E-state index in [4.69, 9.17) is 19.2 Å². The number of rotatable bonds is 14. The van der Waals surface area contributed by atoms with Gasteiger partial charge in [0.05, 0.1) is 44.0 Å². The second-order valence-electron chi connectivity index (χ2n) is 10.8. The van der Waals surface area contributed by atoms with E-state index < -0.39 is 6.04 Å². The van der Waals surface area contributed by atoms with Crippen LogP contribution >= 0.6 is 0 Å². The second-order valence-corrected chi connectivity index (χ2v) is 10.8. The number of ether oxygens (including phenoxy) is 3. The van der Waals surface area contributed by atoms with Gasteiger partial charge in [0.2, 0.25) is 5.91 Å². The average molecular weight is 586 g/mol. The third kappa shape index (κ3) is 7.19. The first-order valence-corrected chi connectivity index (χ1v) is 15.0. The van der Waals surface area contributed by atoms with Crippen LogP contribution in [-0.2, 0) is 11.2 Å². The maximum atomic E-state index is 14.1. The standard InChI is InChI=1S/C35H43N3O5/c1-7-8-9-10-15-33(39)37(21-20-26-17-19-31(42-5)32(23-26)43-6)25(3)34-36-28-14-12-11-13-27(28)35(40)38(34)29-22-24(2)16-18-30(29)41-4/h11-14,16-19,22-23,25H,7-10,15,20-21H2,1-6H3. The number of aromatic nitrogens is 2. The molecule has 8 heteroatoms. The Labute approximate surface area is 254 Å². The predicted molar refractivity (Wildman–Crippen MR) is 171 cm³/mol. The van der Waals surface area contributed by atoms with E-state index in [0.717, 1.165) is 36.8 Å². The smallest absolute Gasteiger partial charge is 0.266 e. The molecule has 4 rings (SSSR count). The Bertz CT molecular complexity index is 1610. The Morgan fingerprint density at radius 2 is 1.63 bits per heavy atom. The minimum absolute atomic E-state index is 0.0363. The summed E-state index contributed by atoms with van der Waals surface area (Å²) in [4.78, 5) is 34.9. The van der Waals surface area contributed by atoms with E-state index in [2.05, 4.69) is 6.92 Å². The molecule has 0 saturated carbocycles. The fourth-order valence-corrected chi connectivity index (χ4v) is 5.44. The van der Waals surface area contributed by atoms with Crippen molar-refractivity contribution in [2.24, 2.45) is 0 Å². The molecule has 0 N–H and O–H groups in total. The normalized spacial score (nSPS) is 11.8. The Hall–Kier alpha value is -4.33. The highest BCUT2D eigenvalue weighted by atomic mass is 16.5. The van der Waals surface area contributed by atoms with Crippen LogP contribution in [0.4, 0.5) is 0 Å². The molecule has 0 aliphatic heterocycles. The lowest BCUT2D eigenvalue weighted by Crippen LogP contribution is -2.38. The van der Waals surface area contributed by atoms with E-state index in [1.54, 1.807) is 32.0 Å². The minimum Gasteiger partial charge on any atom is -0.495 e. The van der Waals surface area contributed by atoms with Crippen LogP contribution in [0.2, 0.25) is 0 Å². The van der Waals surface area contributed by atoms with Crippen molar-refractivity contribution in [3.63, 3.8) is 0 Å². The van der Waals surface area contributed by atoms with Crippen LogP contribution < -0.4 is 19.8 Å². The monoisotopic (exact) mass is 585 g/mol. The zero-order valence-corrected chi connectivity index (χ0v) is 26.2. The summed E-state index contributed by atoms with van der Waals surface area (Å²) < 4.78 is 18.2. The molecule has 0 saturated heterocycles. The number of hydrogen-bond donors (Lipinski definition) is 0. The van der Waals surface area contributed by atoms with Gasteiger partial charge >= 0.3 is 0 Å². The van der Waals surface area contributed by atoms with Crippen molar-refractivity contribution in [2.45, 2.75) is 65.3 Å². The molecule has 0 bridgehead atoms. The van der Waals surface area contributed by atoms with Gasteiger partial charge in [-0.3, -0.25) is 14.2 Å². The molecule has 0 aliphatic carbocycles. The van der Waals surface area contributed by atoms with Crippen LogP contribution in [0.3, 0.4) is 0 Å². The molecular formula is C35H43N3O5. The summed E-state index contributed by atoms with van der Waals surface area (Å²) in [5, 5.41) is 0.504. The average Bonchev–Trinajstić information content (AvgIpc) is 3.02. The number of carbonyl (C=O) groups excluding carboxylic acids is 1. The number of unbranched alkanes of at least 4 members (excludes halogenated alkanes) is 3. The second kappa shape index (κ2) is 14.7. The summed E-state index contributed by atoms with van der Waals surface area (Å²) in [6, 6.07) is 18.4. The molecular weight excluding hydrogens is 542 g/mol. The topological polar surface area (TPSA) is 82.9 Å². The molecule has 0 fully saturated rings. The molecule has 43 heavy (non-hydrogen) atoms. The summed E-state index contributed by atoms with van der Waals surface area (Å²) in [6.45, 7) is 6.52. The highest BCUT2D eigenvalue weighted by molar-refractivity contribution is 5.79. The van der Waals surface area contributed by atoms with Crippen molar-refractivity contribution in [1.29, 1.82) is 0 Å². The van der Waals surface area contributed by atoms with Crippen molar-refractivity contribution in [3.8, 4) is 22.9 Å². The molecule has 4 aromatic rings. The van der Waals surface area contributed by atoms with Gasteiger partial charge in [0.15, 0.2) is 11.5 Å². The van der Waals surface area contributed by atoms with Gasteiger partial charge in [0, 0.05) is 13.0 Å². The molecule has 0 radical (unpaired) electrons. The highest BCUT2D eigenvalue weighted by Crippen LogP contribution is 2.31. The molecule has 0 spiro atoms. The summed E-state index contributed by atoms with van der Waals surface area (Å²) in [7, 11) is 4.81. The van der Waals surface area contributed by atoms with Crippen LogP contribution in [0.1, 0.15) is 68.9 Å². The summed E-state index contributed by atoms with van der Waals surface area (Å²) in [5.41, 5.74) is 2.98. The van der Waals surface area contributed by atoms with Gasteiger partial charge in [-0.1, -0.05) is 50.5 Å². The van der Waals surface area contributed by atoms with Crippen molar-refractivity contribution in [1.82, 2.24) is 14.5 Å². The Morgan fingerprint density at radius 1 is 0.907 bits per heavy atom. The zero-order chi connectivity index (χ0) is 30.9. The van der Waals surface area contributed by atoms with Crippen LogP contribution in [0.25, 0.3) is 16.6 Å². The van der Waals surface area contributed by atoms with E-state index in [1.807, 2.05) is 73.3 Å². The number of benzene rings is 3. The van der Waals surface area contributed by atoms with Crippen molar-refractivity contribution in [3.05, 3.63) is 88.0 Å². The third-order valence-electron chi connectivity index (χ3n) is 7.87. The van der Waals surface area contributed by atoms with Gasteiger partial charge in [-0.25, -0.2) is 4.98 Å². The largest absolute Gasteiger partial charge is 0.495 e. The van der Waals surface area contributed by atoms with E-state index in [-0.39, 0.29) is 11.5 Å². The van der Waals surface area contributed by atoms with Gasteiger partial charge in [-0.2, -0.15) is 0 Å². The predicted octanol–water partition coefficient (Wildman–Crippen LogP) is 6.82. The maximum Gasteiger partial charge on any atom is 0.266 e. The fraction of sp³-hybridized carbons (Fsp3) is 0.400. The number of nitrogens with zero attached hydrogens (tertiary/aromatic N) is 3. The molecule has 1 aromatic heterocycles. The first-order chi connectivity index (χ1) is 20.8. The molecule has 1 heterocycles. The van der Waals surface area contributed by atoms with Gasteiger partial charge in [0.25, 0.3) is 5.56 Å². The number of aryl methyl sites for hydroxylation is 1. The quantitative estimate of drug-likeness (QED) is 0.151. The molecule has 0 aliphatic rings. The summed E-state index contributed by atoms with van der Waals surface area (Å²) in [6.07, 6.45) is 5.03. The number of methoxy groups -OCH3 is 3. The number of fused-ring (bicyclic) bond motifs is 1. The number of amides is 1. The van der Waals surface area contributed by atoms with Gasteiger partial charge in [-0.05, 0) is 74.2 Å². The lowest BCUT2D eigenvalue weighted by molar-refractivity contribution is -0.133. The molecule has 3 aromatic carbocycles. The Morgan fingerprint density at radius 3 is 2.35 bits per heavy atom. The number of para-hydroxylation sites is 1. The van der Waals surface area contributed by atoms with Crippen LogP contribution in [-0.4, -0.2) is 48.2 Å². The van der Waals surface area contributed by atoms with E-state index in [0.29, 0.717) is 59.0 Å². The lowest BCUT2D eigenvalue weighted by Gasteiger charge is -2.31. The van der Waals surface area contributed by atoms with E-state index in [9.17, 15) is 9.59 Å². The first kappa shape index (κ1) is 31.6. The van der Waals surface area contributed by atoms with Gasteiger partial charge in [0.1, 0.15) is 11.6 Å². The van der Waals surface area contributed by atoms with Crippen molar-refractivity contribution < 1.29 is 19.0 Å². The van der Waals surface area contributed by atoms with Crippen molar-refractivity contribution >= 4 is 16.8 Å². The minimum atomic E-state index is -0.499. The maximum absolute atomic E-state index is 14.1. The SMILES string of the molecule is CCCCCCC(=O)N(CCc1ccc(OC)c(OC)c1)C(C)c1nc2ccccc2c(=O)n1-c1cc(C)ccc1OC. The lowest BCUT2D eigenvalue weighted by atomic mass is 10.1. The third-order valence-corrected chi connectivity index (χ3v) is 7.87. The molecule has 1 unspecified atom stereocenters. The summed E-state index contributed by atoms with van der Waals surface area (Å²) >= 11 is 0. The molecule has 228 valence electrons. The summed E-state index contributed by atoms with van der Waals surface area (Å²) in [5.74, 6) is 2.37. The molecule has 1 atom stereocenters.